The molecule has 1 aromatic heterocycles. The Kier molecular flexibility index (Phi) is 6.09. The van der Waals surface area contributed by atoms with E-state index in [0.29, 0.717) is 0 Å². The molecule has 1 unspecified atom stereocenters. The van der Waals surface area contributed by atoms with Crippen LogP contribution in [0.15, 0.2) is 30.5 Å². The summed E-state index contributed by atoms with van der Waals surface area (Å²) in [6, 6.07) is 6.69. The minimum atomic E-state index is -0.211. The summed E-state index contributed by atoms with van der Waals surface area (Å²) in [4.78, 5) is 2.43. The Hall–Kier alpha value is -1.72. The van der Waals surface area contributed by atoms with E-state index < -0.39 is 0 Å². The van der Waals surface area contributed by atoms with E-state index in [0.717, 1.165) is 57.4 Å². The van der Waals surface area contributed by atoms with Crippen molar-refractivity contribution in [2.45, 2.75) is 52.6 Å². The molecule has 1 N–H and O–H groups in total. The lowest BCUT2D eigenvalue weighted by molar-refractivity contribution is 0.0287. The Morgan fingerprint density at radius 3 is 2.73 bits per heavy atom. The zero-order valence-corrected chi connectivity index (χ0v) is 15.9. The monoisotopic (exact) mass is 359 g/mol. The van der Waals surface area contributed by atoms with E-state index in [-0.39, 0.29) is 17.8 Å². The lowest BCUT2D eigenvalue weighted by Crippen LogP contribution is -2.46. The normalized spacial score (nSPS) is 21.2. The SMILES string of the molecule is CCCn1ncc(CN2CCCC(CO)(Cc3ccc(F)cc3)C2)c1C. The van der Waals surface area contributed by atoms with Crippen LogP contribution in [0.4, 0.5) is 4.39 Å². The van der Waals surface area contributed by atoms with Gasteiger partial charge in [-0.2, -0.15) is 5.10 Å². The van der Waals surface area contributed by atoms with Crippen molar-refractivity contribution < 1.29 is 9.50 Å². The number of hydrogen-bond donors (Lipinski definition) is 1. The number of aliphatic hydroxyl groups is 1. The molecule has 2 heterocycles. The quantitative estimate of drug-likeness (QED) is 0.822. The number of aryl methyl sites for hydroxylation is 1. The second-order valence-electron chi connectivity index (χ2n) is 7.75. The Morgan fingerprint density at radius 1 is 1.27 bits per heavy atom. The first-order valence-corrected chi connectivity index (χ1v) is 9.64. The van der Waals surface area contributed by atoms with E-state index in [2.05, 4.69) is 28.5 Å². The number of halogens is 1. The molecule has 1 aliphatic heterocycles. The highest BCUT2D eigenvalue weighted by Crippen LogP contribution is 2.34. The third-order valence-corrected chi connectivity index (χ3v) is 5.60. The van der Waals surface area contributed by atoms with Gasteiger partial charge in [0.25, 0.3) is 0 Å². The summed E-state index contributed by atoms with van der Waals surface area (Å²) < 4.78 is 15.3. The molecule has 0 radical (unpaired) electrons. The number of hydrogen-bond acceptors (Lipinski definition) is 3. The van der Waals surface area contributed by atoms with Crippen molar-refractivity contribution in [2.75, 3.05) is 19.7 Å². The molecule has 0 bridgehead atoms. The van der Waals surface area contributed by atoms with Crippen molar-refractivity contribution in [3.05, 3.63) is 53.1 Å². The van der Waals surface area contributed by atoms with Crippen molar-refractivity contribution >= 4 is 0 Å². The topological polar surface area (TPSA) is 41.3 Å². The summed E-state index contributed by atoms with van der Waals surface area (Å²) in [5.41, 5.74) is 3.46. The van der Waals surface area contributed by atoms with Gasteiger partial charge in [0, 0.05) is 36.3 Å². The number of nitrogens with zero attached hydrogens (tertiary/aromatic N) is 3. The molecule has 0 aliphatic carbocycles. The minimum absolute atomic E-state index is 0.149. The number of likely N-dealkylation sites (tertiary alicyclic amines) is 1. The van der Waals surface area contributed by atoms with Crippen LogP contribution in [0, 0.1) is 18.2 Å². The number of rotatable bonds is 7. The maximum Gasteiger partial charge on any atom is 0.123 e. The molecule has 0 saturated carbocycles. The van der Waals surface area contributed by atoms with E-state index in [9.17, 15) is 9.50 Å². The molecule has 142 valence electrons. The average Bonchev–Trinajstić information content (AvgIpc) is 2.98. The van der Waals surface area contributed by atoms with Crippen molar-refractivity contribution in [1.82, 2.24) is 14.7 Å². The number of piperidine rings is 1. The van der Waals surface area contributed by atoms with Gasteiger partial charge < -0.3 is 5.11 Å². The molecule has 0 amide bonds. The van der Waals surface area contributed by atoms with Gasteiger partial charge in [-0.3, -0.25) is 9.58 Å². The minimum Gasteiger partial charge on any atom is -0.396 e. The van der Waals surface area contributed by atoms with Crippen LogP contribution in [-0.2, 0) is 19.5 Å². The van der Waals surface area contributed by atoms with Gasteiger partial charge in [-0.1, -0.05) is 19.1 Å². The Morgan fingerprint density at radius 2 is 2.04 bits per heavy atom. The predicted octanol–water partition coefficient (Wildman–Crippen LogP) is 3.56. The summed E-state index contributed by atoms with van der Waals surface area (Å²) in [5, 5.41) is 14.7. The molecule has 2 aromatic rings. The maximum atomic E-state index is 13.2. The van der Waals surface area contributed by atoms with Crippen LogP contribution in [0.3, 0.4) is 0 Å². The Labute approximate surface area is 155 Å². The molecule has 1 saturated heterocycles. The van der Waals surface area contributed by atoms with Gasteiger partial charge in [-0.05, 0) is 56.8 Å². The predicted molar refractivity (Wildman–Crippen MR) is 101 cm³/mol. The van der Waals surface area contributed by atoms with Crippen LogP contribution >= 0.6 is 0 Å². The molecule has 1 aromatic carbocycles. The fraction of sp³-hybridized carbons (Fsp3) is 0.571. The molecule has 26 heavy (non-hydrogen) atoms. The lowest BCUT2D eigenvalue weighted by Gasteiger charge is -2.42. The van der Waals surface area contributed by atoms with Gasteiger partial charge in [-0.25, -0.2) is 4.39 Å². The first-order valence-electron chi connectivity index (χ1n) is 9.64. The largest absolute Gasteiger partial charge is 0.396 e. The van der Waals surface area contributed by atoms with Gasteiger partial charge in [0.2, 0.25) is 0 Å². The fourth-order valence-corrected chi connectivity index (χ4v) is 4.13. The molecule has 1 fully saturated rings. The van der Waals surface area contributed by atoms with Crippen LogP contribution in [0.5, 0.6) is 0 Å². The van der Waals surface area contributed by atoms with Crippen molar-refractivity contribution in [3.63, 3.8) is 0 Å². The van der Waals surface area contributed by atoms with Crippen molar-refractivity contribution in [3.8, 4) is 0 Å². The third-order valence-electron chi connectivity index (χ3n) is 5.60. The second kappa shape index (κ2) is 8.31. The zero-order chi connectivity index (χ0) is 18.6. The molecule has 5 heteroatoms. The smallest absolute Gasteiger partial charge is 0.123 e. The van der Waals surface area contributed by atoms with Gasteiger partial charge >= 0.3 is 0 Å². The van der Waals surface area contributed by atoms with Gasteiger partial charge in [0.05, 0.1) is 12.8 Å². The van der Waals surface area contributed by atoms with Crippen LogP contribution in [0.1, 0.15) is 43.0 Å². The second-order valence-corrected chi connectivity index (χ2v) is 7.75. The molecule has 1 aliphatic rings. The van der Waals surface area contributed by atoms with Gasteiger partial charge in [-0.15, -0.1) is 0 Å². The number of aromatic nitrogens is 2. The maximum absolute atomic E-state index is 13.2. The van der Waals surface area contributed by atoms with Crippen LogP contribution in [0.2, 0.25) is 0 Å². The number of aliphatic hydroxyl groups excluding tert-OH is 1. The molecule has 1 atom stereocenters. The standard InChI is InChI=1S/C21H30FN3O/c1-3-10-25-17(2)19(13-23-25)14-24-11-4-9-21(15-24,16-26)12-18-5-7-20(22)8-6-18/h5-8,13,26H,3-4,9-12,14-16H2,1-2H3. The highest BCUT2D eigenvalue weighted by Gasteiger charge is 2.35. The summed E-state index contributed by atoms with van der Waals surface area (Å²) in [5.74, 6) is -0.211. The van der Waals surface area contributed by atoms with Gasteiger partial charge in [0.1, 0.15) is 5.82 Å². The first-order chi connectivity index (χ1) is 12.5. The molecule has 3 rings (SSSR count). The van der Waals surface area contributed by atoms with E-state index >= 15 is 0 Å². The highest BCUT2D eigenvalue weighted by molar-refractivity contribution is 5.19. The Bertz CT molecular complexity index is 713. The fourth-order valence-electron chi connectivity index (χ4n) is 4.13. The summed E-state index contributed by atoms with van der Waals surface area (Å²) in [6.07, 6.45) is 5.93. The molecule has 0 spiro atoms. The molecule has 4 nitrogen and oxygen atoms in total. The van der Waals surface area contributed by atoms with E-state index in [4.69, 9.17) is 0 Å². The van der Waals surface area contributed by atoms with E-state index in [1.165, 1.54) is 23.4 Å². The van der Waals surface area contributed by atoms with Crippen molar-refractivity contribution in [2.24, 2.45) is 5.41 Å². The van der Waals surface area contributed by atoms with E-state index in [1.807, 2.05) is 18.3 Å². The molecular formula is C21H30FN3O. The Balaban J connectivity index is 1.69. The van der Waals surface area contributed by atoms with Crippen molar-refractivity contribution in [1.29, 1.82) is 0 Å². The summed E-state index contributed by atoms with van der Waals surface area (Å²) in [7, 11) is 0. The third kappa shape index (κ3) is 4.33. The lowest BCUT2D eigenvalue weighted by atomic mass is 9.75. The summed E-state index contributed by atoms with van der Waals surface area (Å²) in [6.45, 7) is 8.20. The zero-order valence-electron chi connectivity index (χ0n) is 15.9. The highest BCUT2D eigenvalue weighted by atomic mass is 19.1. The average molecular weight is 359 g/mol. The summed E-state index contributed by atoms with van der Waals surface area (Å²) >= 11 is 0. The van der Waals surface area contributed by atoms with E-state index in [1.54, 1.807) is 0 Å². The molecular weight excluding hydrogens is 329 g/mol. The van der Waals surface area contributed by atoms with Crippen LogP contribution < -0.4 is 0 Å². The van der Waals surface area contributed by atoms with Crippen LogP contribution in [-0.4, -0.2) is 39.5 Å². The van der Waals surface area contributed by atoms with Crippen LogP contribution in [0.25, 0.3) is 0 Å². The van der Waals surface area contributed by atoms with Gasteiger partial charge in [0.15, 0.2) is 0 Å². The number of benzene rings is 1. The first kappa shape index (κ1) is 19.1.